The number of benzene rings is 3. The Kier molecular flexibility index (Phi) is 14.7. The van der Waals surface area contributed by atoms with E-state index >= 15 is 0 Å². The van der Waals surface area contributed by atoms with Crippen molar-refractivity contribution in [2.75, 3.05) is 20.8 Å². The van der Waals surface area contributed by atoms with E-state index in [4.69, 9.17) is 14.2 Å². The van der Waals surface area contributed by atoms with E-state index in [1.807, 2.05) is 30.3 Å². The summed E-state index contributed by atoms with van der Waals surface area (Å²) in [4.78, 5) is 0.208. The van der Waals surface area contributed by atoms with Crippen molar-refractivity contribution in [3.05, 3.63) is 96.2 Å². The van der Waals surface area contributed by atoms with Gasteiger partial charge in [0.15, 0.2) is 0 Å². The Hall–Kier alpha value is -3.55. The summed E-state index contributed by atoms with van der Waals surface area (Å²) in [6.07, 6.45) is 22.2. The van der Waals surface area contributed by atoms with Crippen molar-refractivity contribution >= 4 is 27.0 Å². The third-order valence-corrected chi connectivity index (χ3v) is 10.1. The number of aromatic nitrogens is 1. The molecular weight excluding hydrogens is 594 g/mol. The molecule has 6 nitrogen and oxygen atoms in total. The molecule has 0 fully saturated rings. The molecule has 7 heteroatoms. The monoisotopic (exact) mass is 645 g/mol. The molecule has 0 N–H and O–H groups in total. The van der Waals surface area contributed by atoms with Gasteiger partial charge in [0.05, 0.1) is 36.6 Å². The number of nitrogens with zero attached hydrogens (tertiary/aromatic N) is 1. The largest absolute Gasteiger partial charge is 0.497 e. The van der Waals surface area contributed by atoms with E-state index in [1.165, 1.54) is 73.7 Å². The van der Waals surface area contributed by atoms with E-state index in [9.17, 15) is 8.42 Å². The highest BCUT2D eigenvalue weighted by Crippen LogP contribution is 2.34. The summed E-state index contributed by atoms with van der Waals surface area (Å²) in [6.45, 7) is 1.58. The fraction of sp³-hybridized carbons (Fsp3) is 0.436. The zero-order chi connectivity index (χ0) is 32.5. The number of rotatable bonds is 22. The first-order valence-electron chi connectivity index (χ1n) is 16.9. The van der Waals surface area contributed by atoms with Crippen LogP contribution in [0.5, 0.6) is 11.5 Å². The highest BCUT2D eigenvalue weighted by atomic mass is 32.2. The smallest absolute Gasteiger partial charge is 0.268 e. The van der Waals surface area contributed by atoms with Gasteiger partial charge in [0.1, 0.15) is 11.5 Å². The van der Waals surface area contributed by atoms with Crippen LogP contribution in [0.15, 0.2) is 90.0 Å². The SMILES string of the molecule is COc1ccc(S(=O)(=O)n2cc(C=CCCCCCCCCCCCCCCOCc3ccccc3)c3c(OC)cccc32)cc1. The van der Waals surface area contributed by atoms with Gasteiger partial charge in [-0.1, -0.05) is 113 Å². The number of hydrogen-bond donors (Lipinski definition) is 0. The van der Waals surface area contributed by atoms with Gasteiger partial charge in [-0.2, -0.15) is 0 Å². The maximum absolute atomic E-state index is 13.6. The van der Waals surface area contributed by atoms with E-state index in [0.717, 1.165) is 43.4 Å². The predicted molar refractivity (Wildman–Crippen MR) is 189 cm³/mol. The third kappa shape index (κ3) is 10.5. The summed E-state index contributed by atoms with van der Waals surface area (Å²) in [5.74, 6) is 1.27. The van der Waals surface area contributed by atoms with E-state index in [-0.39, 0.29) is 4.90 Å². The van der Waals surface area contributed by atoms with Crippen molar-refractivity contribution in [1.29, 1.82) is 0 Å². The van der Waals surface area contributed by atoms with Crippen LogP contribution in [0.2, 0.25) is 0 Å². The minimum absolute atomic E-state index is 0.208. The molecule has 46 heavy (non-hydrogen) atoms. The lowest BCUT2D eigenvalue weighted by molar-refractivity contribution is 0.116. The second-order valence-corrected chi connectivity index (χ2v) is 13.7. The second-order valence-electron chi connectivity index (χ2n) is 11.9. The molecule has 0 radical (unpaired) electrons. The van der Waals surface area contributed by atoms with Gasteiger partial charge in [0.2, 0.25) is 0 Å². The molecule has 0 atom stereocenters. The molecule has 0 amide bonds. The molecule has 1 aromatic heterocycles. The lowest BCUT2D eigenvalue weighted by Gasteiger charge is -2.09. The normalized spacial score (nSPS) is 11.9. The fourth-order valence-corrected chi connectivity index (χ4v) is 7.19. The van der Waals surface area contributed by atoms with E-state index in [0.29, 0.717) is 17.0 Å². The maximum Gasteiger partial charge on any atom is 0.268 e. The van der Waals surface area contributed by atoms with Gasteiger partial charge < -0.3 is 14.2 Å². The van der Waals surface area contributed by atoms with E-state index in [2.05, 4.69) is 30.3 Å². The highest BCUT2D eigenvalue weighted by Gasteiger charge is 2.22. The van der Waals surface area contributed by atoms with Crippen molar-refractivity contribution in [3.8, 4) is 11.5 Å². The first kappa shape index (κ1) is 35.3. The molecule has 0 saturated heterocycles. The Bertz CT molecular complexity index is 1580. The zero-order valence-corrected chi connectivity index (χ0v) is 28.5. The summed E-state index contributed by atoms with van der Waals surface area (Å²) < 4.78 is 45.1. The Morgan fingerprint density at radius 2 is 1.30 bits per heavy atom. The third-order valence-electron chi connectivity index (χ3n) is 8.44. The molecule has 0 aliphatic rings. The molecule has 0 spiro atoms. The Morgan fingerprint density at radius 3 is 1.93 bits per heavy atom. The summed E-state index contributed by atoms with van der Waals surface area (Å²) >= 11 is 0. The Labute approximate surface area is 276 Å². The van der Waals surface area contributed by atoms with Gasteiger partial charge in [0, 0.05) is 18.4 Å². The van der Waals surface area contributed by atoms with Crippen LogP contribution in [0.25, 0.3) is 17.0 Å². The molecule has 0 saturated carbocycles. The minimum atomic E-state index is -3.80. The maximum atomic E-state index is 13.6. The van der Waals surface area contributed by atoms with Crippen LogP contribution < -0.4 is 9.47 Å². The summed E-state index contributed by atoms with van der Waals surface area (Å²) in [5.41, 5.74) is 2.68. The van der Waals surface area contributed by atoms with E-state index in [1.54, 1.807) is 44.7 Å². The molecule has 248 valence electrons. The number of methoxy groups -OCH3 is 2. The van der Waals surface area contributed by atoms with Gasteiger partial charge >= 0.3 is 0 Å². The fourth-order valence-electron chi connectivity index (χ4n) is 5.82. The van der Waals surface area contributed by atoms with Crippen molar-refractivity contribution in [1.82, 2.24) is 3.97 Å². The van der Waals surface area contributed by atoms with Crippen LogP contribution in [0.1, 0.15) is 94.6 Å². The summed E-state index contributed by atoms with van der Waals surface area (Å²) in [5, 5.41) is 0.797. The second kappa shape index (κ2) is 19.2. The molecule has 0 bridgehead atoms. The first-order valence-corrected chi connectivity index (χ1v) is 18.3. The molecule has 1 heterocycles. The molecule has 0 unspecified atom stereocenters. The standard InChI is InChI=1S/C39H51NO5S/c1-43-35-26-28-36(29-27-35)46(41,42)40-31-34(39-37(40)24-20-25-38(39)44-2)23-18-13-11-9-7-5-3-4-6-8-10-12-14-19-30-45-32-33-21-16-15-17-22-33/h15-18,20-29,31H,3-14,19,30,32H2,1-2H3. The van der Waals surface area contributed by atoms with Crippen LogP contribution in [-0.4, -0.2) is 33.2 Å². The van der Waals surface area contributed by atoms with Crippen LogP contribution in [0.4, 0.5) is 0 Å². The predicted octanol–water partition coefficient (Wildman–Crippen LogP) is 10.2. The quantitative estimate of drug-likeness (QED) is 0.0796. The number of unbranched alkanes of at least 4 members (excludes halogenated alkanes) is 12. The molecule has 3 aromatic carbocycles. The number of hydrogen-bond acceptors (Lipinski definition) is 5. The number of ether oxygens (including phenoxy) is 3. The molecule has 0 aliphatic heterocycles. The zero-order valence-electron chi connectivity index (χ0n) is 27.7. The van der Waals surface area contributed by atoms with Crippen molar-refractivity contribution in [2.45, 2.75) is 95.0 Å². The average Bonchev–Trinajstić information content (AvgIpc) is 3.48. The molecule has 4 rings (SSSR count). The topological polar surface area (TPSA) is 66.8 Å². The van der Waals surface area contributed by atoms with Crippen LogP contribution in [0, 0.1) is 0 Å². The lowest BCUT2D eigenvalue weighted by atomic mass is 10.0. The van der Waals surface area contributed by atoms with Gasteiger partial charge in [-0.3, -0.25) is 0 Å². The van der Waals surface area contributed by atoms with Crippen LogP contribution >= 0.6 is 0 Å². The Morgan fingerprint density at radius 1 is 0.674 bits per heavy atom. The summed E-state index contributed by atoms with van der Waals surface area (Å²) in [7, 11) is -0.623. The van der Waals surface area contributed by atoms with Gasteiger partial charge in [-0.05, 0) is 61.2 Å². The highest BCUT2D eigenvalue weighted by molar-refractivity contribution is 7.90. The van der Waals surface area contributed by atoms with E-state index < -0.39 is 10.0 Å². The minimum Gasteiger partial charge on any atom is -0.497 e. The summed E-state index contributed by atoms with van der Waals surface area (Å²) in [6, 6.07) is 22.4. The van der Waals surface area contributed by atoms with Gasteiger partial charge in [-0.25, -0.2) is 12.4 Å². The van der Waals surface area contributed by atoms with Crippen molar-refractivity contribution in [3.63, 3.8) is 0 Å². The van der Waals surface area contributed by atoms with Crippen molar-refractivity contribution < 1.29 is 22.6 Å². The lowest BCUT2D eigenvalue weighted by Crippen LogP contribution is -2.11. The number of fused-ring (bicyclic) bond motifs is 1. The molecular formula is C39H51NO5S. The van der Waals surface area contributed by atoms with Gasteiger partial charge in [-0.15, -0.1) is 0 Å². The average molecular weight is 646 g/mol. The van der Waals surface area contributed by atoms with Crippen LogP contribution in [0.3, 0.4) is 0 Å². The first-order chi connectivity index (χ1) is 22.5. The molecule has 4 aromatic rings. The van der Waals surface area contributed by atoms with Crippen molar-refractivity contribution in [2.24, 2.45) is 0 Å². The van der Waals surface area contributed by atoms with Gasteiger partial charge in [0.25, 0.3) is 10.0 Å². The van der Waals surface area contributed by atoms with Crippen LogP contribution in [-0.2, 0) is 21.4 Å². The molecule has 0 aliphatic carbocycles. The Balaban J connectivity index is 1.10. The number of allylic oxidation sites excluding steroid dienone is 1.